The lowest BCUT2D eigenvalue weighted by Crippen LogP contribution is -2.23. The van der Waals surface area contributed by atoms with Gasteiger partial charge in [0.15, 0.2) is 0 Å². The fourth-order valence-corrected chi connectivity index (χ4v) is 3.29. The summed E-state index contributed by atoms with van der Waals surface area (Å²) >= 11 is 1.22. The van der Waals surface area contributed by atoms with Crippen LogP contribution in [0, 0.1) is 10.1 Å². The van der Waals surface area contributed by atoms with Crippen LogP contribution in [-0.4, -0.2) is 30.0 Å². The molecule has 2 aromatic rings. The SMILES string of the molecule is CN1CC=C(c2ccc(-c3ccc([N+](=O)[O-])s3)cc2)CC1. The van der Waals surface area contributed by atoms with Gasteiger partial charge < -0.3 is 4.90 Å². The van der Waals surface area contributed by atoms with Crippen LogP contribution in [0.4, 0.5) is 5.00 Å². The second-order valence-corrected chi connectivity index (χ2v) is 6.28. The lowest BCUT2D eigenvalue weighted by atomic mass is 9.98. The molecule has 1 aromatic heterocycles. The Labute approximate surface area is 127 Å². The molecule has 3 rings (SSSR count). The maximum atomic E-state index is 10.7. The number of thiophene rings is 1. The van der Waals surface area contributed by atoms with Gasteiger partial charge in [0.05, 0.1) is 4.92 Å². The van der Waals surface area contributed by atoms with E-state index in [9.17, 15) is 10.1 Å². The minimum absolute atomic E-state index is 0.187. The van der Waals surface area contributed by atoms with Crippen molar-refractivity contribution in [2.75, 3.05) is 20.1 Å². The molecule has 1 aromatic carbocycles. The third-order valence-electron chi connectivity index (χ3n) is 3.72. The average molecular weight is 300 g/mol. The molecule has 0 N–H and O–H groups in total. The van der Waals surface area contributed by atoms with Crippen LogP contribution < -0.4 is 0 Å². The Balaban J connectivity index is 1.82. The molecule has 0 radical (unpaired) electrons. The third kappa shape index (κ3) is 3.04. The van der Waals surface area contributed by atoms with Gasteiger partial charge in [-0.2, -0.15) is 0 Å². The van der Waals surface area contributed by atoms with Gasteiger partial charge in [-0.25, -0.2) is 0 Å². The molecule has 0 amide bonds. The van der Waals surface area contributed by atoms with Gasteiger partial charge in [0.1, 0.15) is 0 Å². The van der Waals surface area contributed by atoms with E-state index >= 15 is 0 Å². The Hall–Kier alpha value is -1.98. The van der Waals surface area contributed by atoms with Crippen molar-refractivity contribution >= 4 is 21.9 Å². The molecule has 0 saturated heterocycles. The largest absolute Gasteiger partial charge is 0.324 e. The summed E-state index contributed by atoms with van der Waals surface area (Å²) in [6.07, 6.45) is 3.34. The summed E-state index contributed by atoms with van der Waals surface area (Å²) in [5.74, 6) is 0. The summed E-state index contributed by atoms with van der Waals surface area (Å²) in [5, 5.41) is 10.9. The van der Waals surface area contributed by atoms with Gasteiger partial charge in [0.25, 0.3) is 0 Å². The topological polar surface area (TPSA) is 46.4 Å². The van der Waals surface area contributed by atoms with Crippen molar-refractivity contribution in [3.8, 4) is 10.4 Å². The fraction of sp³-hybridized carbons (Fsp3) is 0.250. The lowest BCUT2D eigenvalue weighted by molar-refractivity contribution is -0.380. The van der Waals surface area contributed by atoms with Gasteiger partial charge in [-0.3, -0.25) is 10.1 Å². The van der Waals surface area contributed by atoms with Crippen molar-refractivity contribution in [3.63, 3.8) is 0 Å². The molecule has 0 unspecified atom stereocenters. The first-order valence-corrected chi connectivity index (χ1v) is 7.68. The maximum absolute atomic E-state index is 10.7. The van der Waals surface area contributed by atoms with Crippen LogP contribution in [0.5, 0.6) is 0 Å². The van der Waals surface area contributed by atoms with E-state index in [0.29, 0.717) is 0 Å². The molecular weight excluding hydrogens is 284 g/mol. The average Bonchev–Trinajstić information content (AvgIpc) is 2.98. The number of rotatable bonds is 3. The highest BCUT2D eigenvalue weighted by Crippen LogP contribution is 2.33. The highest BCUT2D eigenvalue weighted by Gasteiger charge is 2.12. The molecule has 108 valence electrons. The van der Waals surface area contributed by atoms with E-state index in [0.717, 1.165) is 30.0 Å². The van der Waals surface area contributed by atoms with Gasteiger partial charge in [-0.05, 0) is 36.2 Å². The van der Waals surface area contributed by atoms with Crippen LogP contribution in [-0.2, 0) is 0 Å². The van der Waals surface area contributed by atoms with E-state index in [1.165, 1.54) is 22.5 Å². The second kappa shape index (κ2) is 5.79. The standard InChI is InChI=1S/C16H16N2O2S/c1-17-10-8-13(9-11-17)12-2-4-14(5-3-12)15-6-7-16(21-15)18(19)20/h2-8H,9-11H2,1H3. The first kappa shape index (κ1) is 14.0. The molecule has 21 heavy (non-hydrogen) atoms. The minimum atomic E-state index is -0.341. The zero-order chi connectivity index (χ0) is 14.8. The number of benzene rings is 1. The summed E-state index contributed by atoms with van der Waals surface area (Å²) < 4.78 is 0. The first-order valence-electron chi connectivity index (χ1n) is 6.86. The molecule has 0 spiro atoms. The summed E-state index contributed by atoms with van der Waals surface area (Å²) in [7, 11) is 2.13. The monoisotopic (exact) mass is 300 g/mol. The van der Waals surface area contributed by atoms with Gasteiger partial charge in [-0.15, -0.1) is 0 Å². The van der Waals surface area contributed by atoms with E-state index in [1.54, 1.807) is 6.07 Å². The molecule has 0 aliphatic carbocycles. The Kier molecular flexibility index (Phi) is 3.86. The Morgan fingerprint density at radius 1 is 1.14 bits per heavy atom. The molecule has 0 bridgehead atoms. The molecule has 4 nitrogen and oxygen atoms in total. The quantitative estimate of drug-likeness (QED) is 0.635. The number of hydrogen-bond acceptors (Lipinski definition) is 4. The van der Waals surface area contributed by atoms with Crippen LogP contribution in [0.25, 0.3) is 16.0 Å². The van der Waals surface area contributed by atoms with Crippen LogP contribution >= 0.6 is 11.3 Å². The summed E-state index contributed by atoms with van der Waals surface area (Å²) in [6, 6.07) is 11.7. The smallest absolute Gasteiger partial charge is 0.302 e. The molecule has 0 atom stereocenters. The molecule has 5 heteroatoms. The van der Waals surface area contributed by atoms with Crippen LogP contribution in [0.3, 0.4) is 0 Å². The van der Waals surface area contributed by atoms with Crippen LogP contribution in [0.2, 0.25) is 0 Å². The number of likely N-dealkylation sites (N-methyl/N-ethyl adjacent to an activating group) is 1. The third-order valence-corrected chi connectivity index (χ3v) is 4.81. The van der Waals surface area contributed by atoms with Crippen LogP contribution in [0.1, 0.15) is 12.0 Å². The first-order chi connectivity index (χ1) is 10.1. The van der Waals surface area contributed by atoms with E-state index in [-0.39, 0.29) is 9.92 Å². The highest BCUT2D eigenvalue weighted by molar-refractivity contribution is 7.18. The van der Waals surface area contributed by atoms with Gasteiger partial charge in [0, 0.05) is 24.0 Å². The molecule has 1 aliphatic rings. The van der Waals surface area contributed by atoms with Crippen molar-refractivity contribution in [2.24, 2.45) is 0 Å². The van der Waals surface area contributed by atoms with Crippen molar-refractivity contribution in [1.82, 2.24) is 4.90 Å². The van der Waals surface area contributed by atoms with Crippen molar-refractivity contribution in [3.05, 3.63) is 58.2 Å². The molecule has 2 heterocycles. The van der Waals surface area contributed by atoms with Crippen molar-refractivity contribution in [1.29, 1.82) is 0 Å². The van der Waals surface area contributed by atoms with Gasteiger partial charge in [-0.1, -0.05) is 41.7 Å². The van der Waals surface area contributed by atoms with E-state index in [2.05, 4.69) is 30.2 Å². The second-order valence-electron chi connectivity index (χ2n) is 5.21. The molecule has 1 aliphatic heterocycles. The number of nitro groups is 1. The Morgan fingerprint density at radius 3 is 2.43 bits per heavy atom. The number of hydrogen-bond donors (Lipinski definition) is 0. The summed E-state index contributed by atoms with van der Waals surface area (Å²) in [5.41, 5.74) is 3.67. The van der Waals surface area contributed by atoms with Gasteiger partial charge >= 0.3 is 5.00 Å². The maximum Gasteiger partial charge on any atom is 0.324 e. The van der Waals surface area contributed by atoms with E-state index < -0.39 is 0 Å². The normalized spacial score (nSPS) is 15.8. The summed E-state index contributed by atoms with van der Waals surface area (Å²) in [6.45, 7) is 2.08. The molecule has 0 fully saturated rings. The lowest BCUT2D eigenvalue weighted by Gasteiger charge is -2.22. The van der Waals surface area contributed by atoms with E-state index in [4.69, 9.17) is 0 Å². The number of nitrogens with zero attached hydrogens (tertiary/aromatic N) is 2. The van der Waals surface area contributed by atoms with E-state index in [1.807, 2.05) is 18.2 Å². The van der Waals surface area contributed by atoms with Crippen LogP contribution in [0.15, 0.2) is 42.5 Å². The fourth-order valence-electron chi connectivity index (χ4n) is 2.46. The predicted octanol–water partition coefficient (Wildman–Crippen LogP) is 4.04. The molecule has 0 saturated carbocycles. The Bertz CT molecular complexity index is 689. The zero-order valence-electron chi connectivity index (χ0n) is 11.8. The summed E-state index contributed by atoms with van der Waals surface area (Å²) in [4.78, 5) is 13.6. The molecular formula is C16H16N2O2S. The zero-order valence-corrected chi connectivity index (χ0v) is 12.6. The van der Waals surface area contributed by atoms with Gasteiger partial charge in [0.2, 0.25) is 0 Å². The van der Waals surface area contributed by atoms with Crippen molar-refractivity contribution in [2.45, 2.75) is 6.42 Å². The minimum Gasteiger partial charge on any atom is -0.302 e. The Morgan fingerprint density at radius 2 is 1.86 bits per heavy atom. The highest BCUT2D eigenvalue weighted by atomic mass is 32.1. The predicted molar refractivity (Wildman–Crippen MR) is 86.5 cm³/mol. The van der Waals surface area contributed by atoms with Crippen molar-refractivity contribution < 1.29 is 4.92 Å².